The van der Waals surface area contributed by atoms with Crippen LogP contribution in [0.1, 0.15) is 15.6 Å². The largest absolute Gasteiger partial charge is 0.369 e. The molecule has 3 heterocycles. The minimum absolute atomic E-state index is 0.0402. The van der Waals surface area contributed by atoms with Crippen LogP contribution in [0.25, 0.3) is 11.2 Å². The Bertz CT molecular complexity index is 852. The SMILES string of the molecule is N#Cc1ccc(Cc2nc3nc(N)[nH]c(=O)c3[nH]2)s1. The van der Waals surface area contributed by atoms with Crippen molar-refractivity contribution in [1.29, 1.82) is 5.26 Å². The Morgan fingerprint density at radius 3 is 2.95 bits per heavy atom. The quantitative estimate of drug-likeness (QED) is 0.635. The summed E-state index contributed by atoms with van der Waals surface area (Å²) in [5.41, 5.74) is 5.72. The molecule has 0 spiro atoms. The van der Waals surface area contributed by atoms with Gasteiger partial charge in [0.15, 0.2) is 11.2 Å². The predicted molar refractivity (Wildman–Crippen MR) is 70.8 cm³/mol. The van der Waals surface area contributed by atoms with Gasteiger partial charge < -0.3 is 10.7 Å². The fraction of sp³-hybridized carbons (Fsp3) is 0.0909. The van der Waals surface area contributed by atoms with Gasteiger partial charge in [-0.3, -0.25) is 9.78 Å². The second kappa shape index (κ2) is 4.22. The predicted octanol–water partition coefficient (Wildman–Crippen LogP) is 0.752. The summed E-state index contributed by atoms with van der Waals surface area (Å²) in [4.78, 5) is 26.8. The third-order valence-corrected chi connectivity index (χ3v) is 3.53. The standard InChI is InChI=1S/C11H8N6OS/c12-4-6-2-1-5(19-6)3-7-14-8-9(15-7)16-11(13)17-10(8)18/h1-2H,3H2,(H4,13,14,15,16,17,18). The molecule has 3 aromatic rings. The van der Waals surface area contributed by atoms with Crippen LogP contribution in [0.4, 0.5) is 5.95 Å². The fourth-order valence-electron chi connectivity index (χ4n) is 1.75. The van der Waals surface area contributed by atoms with E-state index in [0.29, 0.717) is 28.3 Å². The molecule has 0 saturated carbocycles. The maximum absolute atomic E-state index is 11.6. The number of fused-ring (bicyclic) bond motifs is 1. The molecule has 0 amide bonds. The van der Waals surface area contributed by atoms with Gasteiger partial charge in [-0.25, -0.2) is 4.98 Å². The van der Waals surface area contributed by atoms with Crippen LogP contribution in [0.5, 0.6) is 0 Å². The molecular formula is C11H8N6OS. The van der Waals surface area contributed by atoms with E-state index in [1.54, 1.807) is 6.07 Å². The van der Waals surface area contributed by atoms with Crippen molar-refractivity contribution in [2.45, 2.75) is 6.42 Å². The van der Waals surface area contributed by atoms with Gasteiger partial charge in [0, 0.05) is 11.3 Å². The third-order valence-electron chi connectivity index (χ3n) is 2.54. The highest BCUT2D eigenvalue weighted by Crippen LogP contribution is 2.18. The minimum atomic E-state index is -0.342. The van der Waals surface area contributed by atoms with Gasteiger partial charge in [-0.15, -0.1) is 11.3 Å². The number of rotatable bonds is 2. The number of hydrogen-bond donors (Lipinski definition) is 3. The van der Waals surface area contributed by atoms with Crippen LogP contribution in [0.3, 0.4) is 0 Å². The first-order valence-corrected chi connectivity index (χ1v) is 6.20. The van der Waals surface area contributed by atoms with Crippen molar-refractivity contribution < 1.29 is 0 Å². The van der Waals surface area contributed by atoms with Gasteiger partial charge >= 0.3 is 0 Å². The van der Waals surface area contributed by atoms with Gasteiger partial charge in [0.25, 0.3) is 5.56 Å². The number of H-pyrrole nitrogens is 2. The Morgan fingerprint density at radius 2 is 2.21 bits per heavy atom. The molecule has 19 heavy (non-hydrogen) atoms. The summed E-state index contributed by atoms with van der Waals surface area (Å²) in [5, 5.41) is 8.77. The molecule has 0 aliphatic heterocycles. The number of nitrogens with one attached hydrogen (secondary N) is 2. The van der Waals surface area contributed by atoms with Crippen LogP contribution in [0.2, 0.25) is 0 Å². The maximum atomic E-state index is 11.6. The van der Waals surface area contributed by atoms with E-state index in [0.717, 1.165) is 4.88 Å². The van der Waals surface area contributed by atoms with E-state index in [2.05, 4.69) is 26.0 Å². The lowest BCUT2D eigenvalue weighted by Gasteiger charge is -1.90. The summed E-state index contributed by atoms with van der Waals surface area (Å²) in [6.07, 6.45) is 0.516. The van der Waals surface area contributed by atoms with E-state index in [9.17, 15) is 4.79 Å². The van der Waals surface area contributed by atoms with E-state index in [4.69, 9.17) is 11.0 Å². The zero-order chi connectivity index (χ0) is 13.4. The van der Waals surface area contributed by atoms with Crippen LogP contribution < -0.4 is 11.3 Å². The number of aromatic nitrogens is 4. The second-order valence-corrected chi connectivity index (χ2v) is 5.06. The van der Waals surface area contributed by atoms with Crippen LogP contribution in [-0.2, 0) is 6.42 Å². The van der Waals surface area contributed by atoms with Gasteiger partial charge in [0.2, 0.25) is 5.95 Å². The average Bonchev–Trinajstić information content (AvgIpc) is 2.96. The molecule has 0 bridgehead atoms. The van der Waals surface area contributed by atoms with Crippen LogP contribution in [-0.4, -0.2) is 19.9 Å². The molecule has 0 atom stereocenters. The van der Waals surface area contributed by atoms with Crippen molar-refractivity contribution in [2.75, 3.05) is 5.73 Å². The first-order valence-electron chi connectivity index (χ1n) is 5.39. The van der Waals surface area contributed by atoms with Crippen molar-refractivity contribution in [3.05, 3.63) is 38.1 Å². The molecule has 0 aliphatic carbocycles. The van der Waals surface area contributed by atoms with Gasteiger partial charge in [0.05, 0.1) is 0 Å². The van der Waals surface area contributed by atoms with Gasteiger partial charge in [0.1, 0.15) is 16.8 Å². The van der Waals surface area contributed by atoms with Gasteiger partial charge in [-0.05, 0) is 12.1 Å². The number of anilines is 1. The van der Waals surface area contributed by atoms with E-state index >= 15 is 0 Å². The molecule has 0 fully saturated rings. The van der Waals surface area contributed by atoms with Crippen molar-refractivity contribution in [2.24, 2.45) is 0 Å². The topological polar surface area (TPSA) is 124 Å². The number of hydrogen-bond acceptors (Lipinski definition) is 6. The molecule has 0 radical (unpaired) electrons. The molecule has 4 N–H and O–H groups in total. The van der Waals surface area contributed by atoms with Crippen LogP contribution in [0, 0.1) is 11.3 Å². The van der Waals surface area contributed by atoms with Crippen molar-refractivity contribution in [3.63, 3.8) is 0 Å². The molecule has 0 unspecified atom stereocenters. The summed E-state index contributed by atoms with van der Waals surface area (Å²) in [7, 11) is 0. The molecule has 0 saturated heterocycles. The fourth-order valence-corrected chi connectivity index (χ4v) is 2.56. The zero-order valence-corrected chi connectivity index (χ0v) is 10.4. The van der Waals surface area contributed by atoms with Crippen LogP contribution in [0.15, 0.2) is 16.9 Å². The maximum Gasteiger partial charge on any atom is 0.278 e. The molecule has 3 rings (SSSR count). The number of imidazole rings is 1. The highest BCUT2D eigenvalue weighted by molar-refractivity contribution is 7.12. The minimum Gasteiger partial charge on any atom is -0.369 e. The number of nitriles is 1. The Kier molecular flexibility index (Phi) is 2.54. The van der Waals surface area contributed by atoms with E-state index < -0.39 is 0 Å². The Balaban J connectivity index is 2.00. The van der Waals surface area contributed by atoms with Gasteiger partial charge in [-0.2, -0.15) is 10.2 Å². The molecule has 7 nitrogen and oxygen atoms in total. The monoisotopic (exact) mass is 272 g/mol. The number of nitrogens with two attached hydrogens (primary N) is 1. The molecule has 8 heteroatoms. The number of nitrogens with zero attached hydrogens (tertiary/aromatic N) is 3. The van der Waals surface area contributed by atoms with E-state index in [-0.39, 0.29) is 11.5 Å². The average molecular weight is 272 g/mol. The summed E-state index contributed by atoms with van der Waals surface area (Å²) >= 11 is 1.39. The lowest BCUT2D eigenvalue weighted by atomic mass is 10.3. The summed E-state index contributed by atoms with van der Waals surface area (Å²) in [6.45, 7) is 0. The highest BCUT2D eigenvalue weighted by atomic mass is 32.1. The second-order valence-electron chi connectivity index (χ2n) is 3.89. The Hall–Kier alpha value is -2.66. The molecule has 3 aromatic heterocycles. The van der Waals surface area contributed by atoms with Gasteiger partial charge in [-0.1, -0.05) is 0 Å². The summed E-state index contributed by atoms with van der Waals surface area (Å²) in [6, 6.07) is 5.70. The first kappa shape index (κ1) is 11.4. The number of thiophene rings is 1. The Morgan fingerprint density at radius 1 is 1.37 bits per heavy atom. The number of nitrogen functional groups attached to an aromatic ring is 1. The molecule has 0 aliphatic rings. The Labute approximate surface area is 110 Å². The van der Waals surface area contributed by atoms with E-state index in [1.807, 2.05) is 6.07 Å². The lowest BCUT2D eigenvalue weighted by Crippen LogP contribution is -2.10. The molecule has 94 valence electrons. The van der Waals surface area contributed by atoms with Crippen LogP contribution >= 0.6 is 11.3 Å². The smallest absolute Gasteiger partial charge is 0.278 e. The summed E-state index contributed by atoms with van der Waals surface area (Å²) in [5.74, 6) is 0.656. The van der Waals surface area contributed by atoms with Crippen molar-refractivity contribution in [1.82, 2.24) is 19.9 Å². The zero-order valence-electron chi connectivity index (χ0n) is 9.60. The highest BCUT2D eigenvalue weighted by Gasteiger charge is 2.10. The molecular weight excluding hydrogens is 264 g/mol. The number of aromatic amines is 2. The third kappa shape index (κ3) is 2.07. The first-order chi connectivity index (χ1) is 9.15. The normalized spacial score (nSPS) is 10.7. The molecule has 0 aromatic carbocycles. The van der Waals surface area contributed by atoms with Crippen molar-refractivity contribution in [3.8, 4) is 6.07 Å². The summed E-state index contributed by atoms with van der Waals surface area (Å²) < 4.78 is 0. The van der Waals surface area contributed by atoms with E-state index in [1.165, 1.54) is 11.3 Å². The van der Waals surface area contributed by atoms with Crippen molar-refractivity contribution >= 4 is 28.4 Å². The lowest BCUT2D eigenvalue weighted by molar-refractivity contribution is 1.05.